The fourth-order valence-corrected chi connectivity index (χ4v) is 2.15. The molecule has 0 fully saturated rings. The normalized spacial score (nSPS) is 9.47. The number of rotatable bonds is 2. The van der Waals surface area contributed by atoms with E-state index in [9.17, 15) is 4.79 Å². The Hall–Kier alpha value is -1.05. The van der Waals surface area contributed by atoms with Crippen LogP contribution in [0.1, 0.15) is 21.5 Å². The number of methoxy groups -OCH3 is 1. The van der Waals surface area contributed by atoms with Crippen LogP contribution in [0.2, 0.25) is 5.02 Å². The van der Waals surface area contributed by atoms with E-state index in [2.05, 4.69) is 20.7 Å². The van der Waals surface area contributed by atoms with Crippen molar-refractivity contribution in [2.75, 3.05) is 7.11 Å². The van der Waals surface area contributed by atoms with E-state index in [0.717, 1.165) is 0 Å². The summed E-state index contributed by atoms with van der Waals surface area (Å²) in [5.41, 5.74) is 1.06. The minimum absolute atomic E-state index is 0.226. The lowest BCUT2D eigenvalue weighted by Gasteiger charge is -2.08. The van der Waals surface area contributed by atoms with Gasteiger partial charge in [0.05, 0.1) is 18.2 Å². The van der Waals surface area contributed by atoms with E-state index in [-0.39, 0.29) is 11.1 Å². The van der Waals surface area contributed by atoms with E-state index < -0.39 is 5.97 Å². The van der Waals surface area contributed by atoms with Crippen LogP contribution < -0.4 is 0 Å². The number of carbonyl (C=O) groups excluding carboxylic acids is 1. The second-order valence-corrected chi connectivity index (χ2v) is 3.65. The molecule has 0 aliphatic carbocycles. The number of esters is 1. The first-order chi connectivity index (χ1) is 7.15. The van der Waals surface area contributed by atoms with E-state index in [1.165, 1.54) is 13.2 Å². The zero-order valence-corrected chi connectivity index (χ0v) is 10.2. The lowest BCUT2D eigenvalue weighted by atomic mass is 10.0. The molecule has 15 heavy (non-hydrogen) atoms. The Morgan fingerprint density at radius 3 is 2.80 bits per heavy atom. The van der Waals surface area contributed by atoms with Crippen LogP contribution in [-0.2, 0) is 10.1 Å². The van der Waals surface area contributed by atoms with Crippen molar-refractivity contribution in [3.05, 3.63) is 33.8 Å². The minimum Gasteiger partial charge on any atom is -0.465 e. The molecular formula is C10H7BrClNO2. The molecule has 0 bridgehead atoms. The molecule has 1 rings (SSSR count). The largest absolute Gasteiger partial charge is 0.465 e. The average molecular weight is 289 g/mol. The van der Waals surface area contributed by atoms with Crippen LogP contribution in [0.3, 0.4) is 0 Å². The van der Waals surface area contributed by atoms with Crippen molar-refractivity contribution in [2.45, 2.75) is 5.33 Å². The minimum atomic E-state index is -0.552. The van der Waals surface area contributed by atoms with Gasteiger partial charge in [-0.2, -0.15) is 5.26 Å². The quantitative estimate of drug-likeness (QED) is 0.621. The molecule has 1 aromatic carbocycles. The zero-order chi connectivity index (χ0) is 11.4. The number of nitriles is 1. The van der Waals surface area contributed by atoms with E-state index in [1.54, 1.807) is 6.07 Å². The molecule has 0 radical (unpaired) electrons. The van der Waals surface area contributed by atoms with Crippen molar-refractivity contribution >= 4 is 33.5 Å². The fourth-order valence-electron chi connectivity index (χ4n) is 1.18. The van der Waals surface area contributed by atoms with Crippen molar-refractivity contribution in [2.24, 2.45) is 0 Å². The predicted octanol–water partition coefficient (Wildman–Crippen LogP) is 2.89. The van der Waals surface area contributed by atoms with Gasteiger partial charge < -0.3 is 4.74 Å². The Balaban J connectivity index is 3.49. The average Bonchev–Trinajstić information content (AvgIpc) is 2.27. The van der Waals surface area contributed by atoms with Gasteiger partial charge in [0.2, 0.25) is 0 Å². The summed E-state index contributed by atoms with van der Waals surface area (Å²) < 4.78 is 4.61. The first-order valence-electron chi connectivity index (χ1n) is 4.01. The van der Waals surface area contributed by atoms with Crippen LogP contribution >= 0.6 is 27.5 Å². The number of halogens is 2. The molecule has 0 spiro atoms. The van der Waals surface area contributed by atoms with E-state index in [1.807, 2.05) is 6.07 Å². The van der Waals surface area contributed by atoms with Gasteiger partial charge in [-0.25, -0.2) is 4.79 Å². The molecule has 0 aromatic heterocycles. The standard InChI is InChI=1S/C10H7BrClNO2/c1-15-10(14)9-6(5-13)2-3-8(12)7(9)4-11/h2-3H,4H2,1H3. The van der Waals surface area contributed by atoms with Crippen LogP contribution in [0.4, 0.5) is 0 Å². The molecule has 78 valence electrons. The Morgan fingerprint density at radius 2 is 2.33 bits per heavy atom. The predicted molar refractivity (Wildman–Crippen MR) is 60.1 cm³/mol. The summed E-state index contributed by atoms with van der Waals surface area (Å²) in [4.78, 5) is 11.5. The highest BCUT2D eigenvalue weighted by atomic mass is 79.9. The molecule has 0 unspecified atom stereocenters. The first kappa shape index (κ1) is 12.0. The maximum absolute atomic E-state index is 11.5. The molecule has 0 aliphatic heterocycles. The number of hydrogen-bond donors (Lipinski definition) is 0. The zero-order valence-electron chi connectivity index (χ0n) is 7.88. The van der Waals surface area contributed by atoms with Gasteiger partial charge in [0.15, 0.2) is 0 Å². The molecule has 0 saturated carbocycles. The highest BCUT2D eigenvalue weighted by Gasteiger charge is 2.18. The van der Waals surface area contributed by atoms with E-state index in [4.69, 9.17) is 16.9 Å². The monoisotopic (exact) mass is 287 g/mol. The highest BCUT2D eigenvalue weighted by molar-refractivity contribution is 9.08. The number of carbonyl (C=O) groups is 1. The van der Waals surface area contributed by atoms with Crippen molar-refractivity contribution in [3.8, 4) is 6.07 Å². The van der Waals surface area contributed by atoms with Gasteiger partial charge in [-0.05, 0) is 17.7 Å². The van der Waals surface area contributed by atoms with E-state index >= 15 is 0 Å². The second-order valence-electron chi connectivity index (χ2n) is 2.69. The molecule has 0 atom stereocenters. The maximum atomic E-state index is 11.5. The summed E-state index contributed by atoms with van der Waals surface area (Å²) in [5.74, 6) is -0.552. The van der Waals surface area contributed by atoms with Gasteiger partial charge in [0, 0.05) is 10.4 Å². The number of nitrogens with zero attached hydrogens (tertiary/aromatic N) is 1. The Labute approximate surface area is 101 Å². The van der Waals surface area contributed by atoms with Crippen LogP contribution in [0, 0.1) is 11.3 Å². The Kier molecular flexibility index (Phi) is 4.13. The van der Waals surface area contributed by atoms with Gasteiger partial charge in [-0.1, -0.05) is 27.5 Å². The summed E-state index contributed by atoms with van der Waals surface area (Å²) in [6.07, 6.45) is 0. The molecule has 0 amide bonds. The van der Waals surface area contributed by atoms with Gasteiger partial charge in [0.1, 0.15) is 6.07 Å². The van der Waals surface area contributed by atoms with Gasteiger partial charge >= 0.3 is 5.97 Å². The summed E-state index contributed by atoms with van der Waals surface area (Å²) in [7, 11) is 1.27. The smallest absolute Gasteiger partial charge is 0.339 e. The number of hydrogen-bond acceptors (Lipinski definition) is 3. The number of alkyl halides is 1. The van der Waals surface area contributed by atoms with Crippen molar-refractivity contribution in [1.82, 2.24) is 0 Å². The third kappa shape index (κ3) is 2.31. The van der Waals surface area contributed by atoms with Crippen molar-refractivity contribution < 1.29 is 9.53 Å². The van der Waals surface area contributed by atoms with Gasteiger partial charge in [0.25, 0.3) is 0 Å². The lowest BCUT2D eigenvalue weighted by molar-refractivity contribution is 0.0599. The van der Waals surface area contributed by atoms with Crippen LogP contribution in [-0.4, -0.2) is 13.1 Å². The first-order valence-corrected chi connectivity index (χ1v) is 5.51. The molecule has 0 aliphatic rings. The third-order valence-electron chi connectivity index (χ3n) is 1.90. The molecule has 0 heterocycles. The van der Waals surface area contributed by atoms with Crippen molar-refractivity contribution in [3.63, 3.8) is 0 Å². The molecular weight excluding hydrogens is 281 g/mol. The SMILES string of the molecule is COC(=O)c1c(C#N)ccc(Cl)c1CBr. The van der Waals surface area contributed by atoms with Crippen LogP contribution in [0.5, 0.6) is 0 Å². The Morgan fingerprint density at radius 1 is 1.67 bits per heavy atom. The summed E-state index contributed by atoms with van der Waals surface area (Å²) in [6.45, 7) is 0. The van der Waals surface area contributed by atoms with E-state index in [0.29, 0.717) is 15.9 Å². The topological polar surface area (TPSA) is 50.1 Å². The lowest BCUT2D eigenvalue weighted by Crippen LogP contribution is -2.08. The summed E-state index contributed by atoms with van der Waals surface area (Å²) >= 11 is 9.13. The van der Waals surface area contributed by atoms with Crippen molar-refractivity contribution in [1.29, 1.82) is 5.26 Å². The molecule has 0 N–H and O–H groups in total. The van der Waals surface area contributed by atoms with Crippen LogP contribution in [0.25, 0.3) is 0 Å². The maximum Gasteiger partial charge on any atom is 0.339 e. The van der Waals surface area contributed by atoms with Crippen LogP contribution in [0.15, 0.2) is 12.1 Å². The second kappa shape index (κ2) is 5.15. The molecule has 1 aromatic rings. The summed E-state index contributed by atoms with van der Waals surface area (Å²) in [5, 5.41) is 9.69. The number of benzene rings is 1. The molecule has 5 heteroatoms. The number of ether oxygens (including phenoxy) is 1. The third-order valence-corrected chi connectivity index (χ3v) is 2.81. The molecule has 3 nitrogen and oxygen atoms in total. The van der Waals surface area contributed by atoms with Gasteiger partial charge in [-0.3, -0.25) is 0 Å². The fraction of sp³-hybridized carbons (Fsp3) is 0.200. The summed E-state index contributed by atoms with van der Waals surface area (Å²) in [6, 6.07) is 5.02. The van der Waals surface area contributed by atoms with Gasteiger partial charge in [-0.15, -0.1) is 0 Å². The molecule has 0 saturated heterocycles. The highest BCUT2D eigenvalue weighted by Crippen LogP contribution is 2.26. The Bertz CT molecular complexity index is 440.